The molecule has 0 aliphatic carbocycles. The van der Waals surface area contributed by atoms with E-state index < -0.39 is 5.97 Å². The first-order chi connectivity index (χ1) is 9.96. The van der Waals surface area contributed by atoms with E-state index in [4.69, 9.17) is 10.4 Å². The lowest BCUT2D eigenvalue weighted by atomic mass is 10.1. The Morgan fingerprint density at radius 1 is 1.48 bits per heavy atom. The number of nitriles is 1. The van der Waals surface area contributed by atoms with Crippen molar-refractivity contribution in [2.75, 3.05) is 7.05 Å². The molecule has 1 rings (SSSR count). The van der Waals surface area contributed by atoms with Gasteiger partial charge in [-0.05, 0) is 24.1 Å². The molecule has 1 atom stereocenters. The Kier molecular flexibility index (Phi) is 6.21. The average Bonchev–Trinajstić information content (AvgIpc) is 2.46. The largest absolute Gasteiger partial charge is 0.481 e. The molecular weight excluding hydrogens is 270 g/mol. The third kappa shape index (κ3) is 5.53. The van der Waals surface area contributed by atoms with Crippen molar-refractivity contribution in [1.82, 2.24) is 10.2 Å². The van der Waals surface area contributed by atoms with Gasteiger partial charge in [0, 0.05) is 19.6 Å². The predicted octanol–water partition coefficient (Wildman–Crippen LogP) is 1.95. The van der Waals surface area contributed by atoms with Gasteiger partial charge in [0.15, 0.2) is 0 Å². The van der Waals surface area contributed by atoms with Crippen LogP contribution in [0.25, 0.3) is 0 Å². The van der Waals surface area contributed by atoms with Crippen LogP contribution in [0.15, 0.2) is 24.3 Å². The third-order valence-corrected chi connectivity index (χ3v) is 3.06. The molecule has 0 fully saturated rings. The summed E-state index contributed by atoms with van der Waals surface area (Å²) in [4.78, 5) is 24.2. The monoisotopic (exact) mass is 289 g/mol. The zero-order chi connectivity index (χ0) is 15.8. The quantitative estimate of drug-likeness (QED) is 0.837. The van der Waals surface area contributed by atoms with Gasteiger partial charge < -0.3 is 15.3 Å². The summed E-state index contributed by atoms with van der Waals surface area (Å²) in [5.41, 5.74) is 1.39. The molecule has 2 N–H and O–H groups in total. The molecule has 0 aliphatic heterocycles. The molecule has 6 nitrogen and oxygen atoms in total. The fraction of sp³-hybridized carbons (Fsp3) is 0.400. The second-order valence-corrected chi connectivity index (χ2v) is 4.82. The van der Waals surface area contributed by atoms with Gasteiger partial charge >= 0.3 is 12.0 Å². The molecule has 0 heterocycles. The van der Waals surface area contributed by atoms with E-state index in [9.17, 15) is 9.59 Å². The number of rotatable bonds is 6. The van der Waals surface area contributed by atoms with Crippen molar-refractivity contribution in [3.8, 4) is 6.07 Å². The fourth-order valence-electron chi connectivity index (χ4n) is 1.88. The van der Waals surface area contributed by atoms with E-state index in [1.54, 1.807) is 25.2 Å². The van der Waals surface area contributed by atoms with Crippen LogP contribution in [0, 0.1) is 11.3 Å². The first-order valence-corrected chi connectivity index (χ1v) is 6.68. The highest BCUT2D eigenvalue weighted by Crippen LogP contribution is 2.07. The Balaban J connectivity index is 2.61. The zero-order valence-electron chi connectivity index (χ0n) is 12.2. The minimum atomic E-state index is -0.938. The van der Waals surface area contributed by atoms with Crippen LogP contribution < -0.4 is 5.32 Å². The molecule has 6 heteroatoms. The number of hydrogen-bond donors (Lipinski definition) is 2. The van der Waals surface area contributed by atoms with Crippen molar-refractivity contribution in [3.63, 3.8) is 0 Å². The smallest absolute Gasteiger partial charge is 0.317 e. The normalized spacial score (nSPS) is 11.3. The van der Waals surface area contributed by atoms with Crippen LogP contribution in [0.4, 0.5) is 4.79 Å². The standard InChI is InChI=1S/C15H19N3O3/c1-3-13(8-14(19)20)17-15(21)18(2)10-12-6-4-5-11(7-12)9-16/h4-7,13H,3,8,10H2,1-2H3,(H,17,21)(H,19,20). The SMILES string of the molecule is CCC(CC(=O)O)NC(=O)N(C)Cc1cccc(C#N)c1. The van der Waals surface area contributed by atoms with Crippen molar-refractivity contribution < 1.29 is 14.7 Å². The maximum Gasteiger partial charge on any atom is 0.317 e. The highest BCUT2D eigenvalue weighted by molar-refractivity contribution is 5.75. The molecule has 1 aromatic rings. The summed E-state index contributed by atoms with van der Waals surface area (Å²) in [7, 11) is 1.63. The maximum absolute atomic E-state index is 12.0. The summed E-state index contributed by atoms with van der Waals surface area (Å²) in [6.45, 7) is 2.18. The van der Waals surface area contributed by atoms with Gasteiger partial charge in [0.05, 0.1) is 18.1 Å². The van der Waals surface area contributed by atoms with E-state index in [-0.39, 0.29) is 18.5 Å². The highest BCUT2D eigenvalue weighted by atomic mass is 16.4. The van der Waals surface area contributed by atoms with Crippen LogP contribution >= 0.6 is 0 Å². The molecular formula is C15H19N3O3. The van der Waals surface area contributed by atoms with Crippen molar-refractivity contribution >= 4 is 12.0 Å². The number of amides is 2. The van der Waals surface area contributed by atoms with Gasteiger partial charge in [0.25, 0.3) is 0 Å². The van der Waals surface area contributed by atoms with Crippen LogP contribution in [0.5, 0.6) is 0 Å². The topological polar surface area (TPSA) is 93.4 Å². The van der Waals surface area contributed by atoms with Gasteiger partial charge in [-0.3, -0.25) is 4.79 Å². The lowest BCUT2D eigenvalue weighted by Gasteiger charge is -2.22. The Hall–Kier alpha value is -2.55. The van der Waals surface area contributed by atoms with Crippen LogP contribution in [-0.4, -0.2) is 35.1 Å². The molecule has 0 aliphatic rings. The van der Waals surface area contributed by atoms with Crippen molar-refractivity contribution in [1.29, 1.82) is 5.26 Å². The van der Waals surface area contributed by atoms with E-state index in [2.05, 4.69) is 5.32 Å². The molecule has 112 valence electrons. The van der Waals surface area contributed by atoms with Gasteiger partial charge in [0.2, 0.25) is 0 Å². The zero-order valence-corrected chi connectivity index (χ0v) is 12.2. The third-order valence-electron chi connectivity index (χ3n) is 3.06. The number of carbonyl (C=O) groups excluding carboxylic acids is 1. The van der Waals surface area contributed by atoms with Crippen molar-refractivity contribution in [2.45, 2.75) is 32.4 Å². The lowest BCUT2D eigenvalue weighted by molar-refractivity contribution is -0.137. The van der Waals surface area contributed by atoms with E-state index in [1.165, 1.54) is 4.90 Å². The van der Waals surface area contributed by atoms with Gasteiger partial charge in [-0.2, -0.15) is 5.26 Å². The Bertz CT molecular complexity index is 551. The molecule has 21 heavy (non-hydrogen) atoms. The number of urea groups is 1. The van der Waals surface area contributed by atoms with E-state index >= 15 is 0 Å². The summed E-state index contributed by atoms with van der Waals surface area (Å²) in [5, 5.41) is 20.3. The molecule has 0 saturated carbocycles. The second kappa shape index (κ2) is 7.90. The van der Waals surface area contributed by atoms with Crippen molar-refractivity contribution in [2.24, 2.45) is 0 Å². The molecule has 1 aromatic carbocycles. The first kappa shape index (κ1) is 16.5. The minimum Gasteiger partial charge on any atom is -0.481 e. The number of aliphatic carboxylic acids is 1. The van der Waals surface area contributed by atoms with Crippen molar-refractivity contribution in [3.05, 3.63) is 35.4 Å². The summed E-state index contributed by atoms with van der Waals surface area (Å²) < 4.78 is 0. The summed E-state index contributed by atoms with van der Waals surface area (Å²) in [5.74, 6) is -0.938. The number of benzene rings is 1. The number of carboxylic acid groups (broad SMARTS) is 1. The molecule has 0 aromatic heterocycles. The Labute approximate surface area is 124 Å². The average molecular weight is 289 g/mol. The summed E-state index contributed by atoms with van der Waals surface area (Å²) in [6, 6.07) is 8.35. The molecule has 2 amide bonds. The molecule has 0 saturated heterocycles. The number of carbonyl (C=O) groups is 2. The van der Waals surface area contributed by atoms with Crippen LogP contribution in [0.3, 0.4) is 0 Å². The van der Waals surface area contributed by atoms with Crippen LogP contribution in [-0.2, 0) is 11.3 Å². The number of carboxylic acids is 1. The predicted molar refractivity (Wildman–Crippen MR) is 77.5 cm³/mol. The number of hydrogen-bond acceptors (Lipinski definition) is 3. The van der Waals surface area contributed by atoms with Crippen LogP contribution in [0.2, 0.25) is 0 Å². The van der Waals surface area contributed by atoms with Gasteiger partial charge in [-0.25, -0.2) is 4.79 Å². The Morgan fingerprint density at radius 2 is 2.19 bits per heavy atom. The Morgan fingerprint density at radius 3 is 2.76 bits per heavy atom. The number of nitrogens with one attached hydrogen (secondary N) is 1. The maximum atomic E-state index is 12.0. The van der Waals surface area contributed by atoms with Gasteiger partial charge in [0.1, 0.15) is 0 Å². The minimum absolute atomic E-state index is 0.0972. The van der Waals surface area contributed by atoms with E-state index in [1.807, 2.05) is 19.1 Å². The number of nitrogens with zero attached hydrogens (tertiary/aromatic N) is 2. The van der Waals surface area contributed by atoms with Crippen LogP contribution in [0.1, 0.15) is 30.9 Å². The van der Waals surface area contributed by atoms with E-state index in [0.717, 1.165) is 5.56 Å². The lowest BCUT2D eigenvalue weighted by Crippen LogP contribution is -2.43. The molecule has 0 spiro atoms. The second-order valence-electron chi connectivity index (χ2n) is 4.82. The van der Waals surface area contributed by atoms with Gasteiger partial charge in [-0.15, -0.1) is 0 Å². The summed E-state index contributed by atoms with van der Waals surface area (Å²) in [6.07, 6.45) is 0.454. The first-order valence-electron chi connectivity index (χ1n) is 6.68. The fourth-order valence-corrected chi connectivity index (χ4v) is 1.88. The molecule has 1 unspecified atom stereocenters. The molecule has 0 bridgehead atoms. The summed E-state index contributed by atoms with van der Waals surface area (Å²) >= 11 is 0. The molecule has 0 radical (unpaired) electrons. The highest BCUT2D eigenvalue weighted by Gasteiger charge is 2.16. The van der Waals surface area contributed by atoms with Gasteiger partial charge in [-0.1, -0.05) is 19.1 Å². The van der Waals surface area contributed by atoms with E-state index in [0.29, 0.717) is 18.5 Å².